The third-order valence-corrected chi connectivity index (χ3v) is 8.63. The molecule has 0 radical (unpaired) electrons. The Bertz CT molecular complexity index is 1270. The molecule has 1 aliphatic heterocycles. The van der Waals surface area contributed by atoms with Crippen molar-refractivity contribution in [2.45, 2.75) is 64.0 Å². The number of hydrogen-bond acceptors (Lipinski definition) is 5. The van der Waals surface area contributed by atoms with Crippen LogP contribution in [0.3, 0.4) is 0 Å². The normalized spacial score (nSPS) is 17.6. The Morgan fingerprint density at radius 3 is 2.44 bits per heavy atom. The van der Waals surface area contributed by atoms with E-state index in [-0.39, 0.29) is 13.0 Å². The van der Waals surface area contributed by atoms with Crippen LogP contribution in [-0.2, 0) is 17.8 Å². The van der Waals surface area contributed by atoms with E-state index in [1.165, 1.54) is 50.6 Å². The second kappa shape index (κ2) is 12.2. The van der Waals surface area contributed by atoms with E-state index in [0.29, 0.717) is 23.3 Å². The van der Waals surface area contributed by atoms with Crippen LogP contribution < -0.4 is 15.4 Å². The Balaban J connectivity index is 1.43. The van der Waals surface area contributed by atoms with E-state index in [1.54, 1.807) is 6.07 Å². The molecule has 5 rings (SSSR count). The van der Waals surface area contributed by atoms with Gasteiger partial charge in [-0.2, -0.15) is 0 Å². The molecule has 0 aromatic heterocycles. The monoisotopic (exact) mass is 528 g/mol. The van der Waals surface area contributed by atoms with Gasteiger partial charge in [0, 0.05) is 24.3 Å². The molecule has 39 heavy (non-hydrogen) atoms. The Morgan fingerprint density at radius 1 is 0.923 bits per heavy atom. The predicted octanol–water partition coefficient (Wildman–Crippen LogP) is 6.10. The largest absolute Gasteiger partial charge is 0.489 e. The van der Waals surface area contributed by atoms with Crippen molar-refractivity contribution in [3.05, 3.63) is 83.4 Å². The fourth-order valence-electron chi connectivity index (χ4n) is 6.32. The molecule has 6 nitrogen and oxygen atoms in total. The van der Waals surface area contributed by atoms with Crippen molar-refractivity contribution in [3.63, 3.8) is 0 Å². The van der Waals surface area contributed by atoms with Crippen LogP contribution in [0.15, 0.2) is 66.7 Å². The Hall–Kier alpha value is -3.35. The molecule has 4 N–H and O–H groups in total. The van der Waals surface area contributed by atoms with Gasteiger partial charge in [-0.05, 0) is 83.7 Å². The van der Waals surface area contributed by atoms with Crippen LogP contribution >= 0.6 is 0 Å². The number of nitrogens with two attached hydrogens (primary N) is 1. The number of hydrogen-bond donors (Lipinski definition) is 3. The van der Waals surface area contributed by atoms with E-state index in [2.05, 4.69) is 35.2 Å². The highest BCUT2D eigenvalue weighted by atomic mass is 16.5. The summed E-state index contributed by atoms with van der Waals surface area (Å²) in [5.74, 6) is -0.280. The summed E-state index contributed by atoms with van der Waals surface area (Å²) in [6.45, 7) is 2.35. The number of carbonyl (C=O) groups is 1. The van der Waals surface area contributed by atoms with Gasteiger partial charge in [0.2, 0.25) is 0 Å². The van der Waals surface area contributed by atoms with Crippen LogP contribution in [-0.4, -0.2) is 35.9 Å². The zero-order chi connectivity index (χ0) is 27.2. The average Bonchev–Trinajstić information content (AvgIpc) is 2.97. The molecule has 3 aromatic rings. The summed E-state index contributed by atoms with van der Waals surface area (Å²) in [4.78, 5) is 13.8. The van der Waals surface area contributed by atoms with Gasteiger partial charge in [0.05, 0.1) is 19.1 Å². The molecule has 206 valence electrons. The molecule has 1 saturated heterocycles. The molecule has 1 saturated carbocycles. The van der Waals surface area contributed by atoms with Crippen molar-refractivity contribution in [2.75, 3.05) is 24.6 Å². The summed E-state index contributed by atoms with van der Waals surface area (Å²) < 4.78 is 6.19. The number of para-hydroxylation sites is 1. The molecule has 2 aliphatic rings. The predicted molar refractivity (Wildman–Crippen MR) is 155 cm³/mol. The van der Waals surface area contributed by atoms with Gasteiger partial charge in [-0.15, -0.1) is 0 Å². The van der Waals surface area contributed by atoms with Crippen LogP contribution in [0.4, 0.5) is 5.69 Å². The fourth-order valence-corrected chi connectivity index (χ4v) is 6.32. The summed E-state index contributed by atoms with van der Waals surface area (Å²) >= 11 is 0. The molecule has 1 atom stereocenters. The Labute approximate surface area is 231 Å². The number of carboxylic acid groups (broad SMARTS) is 1. The molecule has 6 heteroatoms. The van der Waals surface area contributed by atoms with E-state index in [1.807, 2.05) is 30.3 Å². The number of aliphatic hydroxyl groups excluding tert-OH is 1. The van der Waals surface area contributed by atoms with Crippen LogP contribution in [0.5, 0.6) is 5.75 Å². The van der Waals surface area contributed by atoms with Crippen LogP contribution in [0.2, 0.25) is 0 Å². The molecule has 1 heterocycles. The van der Waals surface area contributed by atoms with E-state index >= 15 is 0 Å². The highest BCUT2D eigenvalue weighted by Gasteiger charge is 2.35. The smallest absolute Gasteiger partial charge is 0.307 e. The first-order valence-electron chi connectivity index (χ1n) is 14.2. The molecule has 1 spiro atoms. The first-order valence-corrected chi connectivity index (χ1v) is 14.2. The van der Waals surface area contributed by atoms with E-state index in [0.717, 1.165) is 35.3 Å². The van der Waals surface area contributed by atoms with Crippen molar-refractivity contribution in [2.24, 2.45) is 11.1 Å². The summed E-state index contributed by atoms with van der Waals surface area (Å²) in [6.07, 6.45) is 9.26. The van der Waals surface area contributed by atoms with Gasteiger partial charge >= 0.3 is 5.97 Å². The fraction of sp³-hybridized carbons (Fsp3) is 0.424. The highest BCUT2D eigenvalue weighted by Crippen LogP contribution is 2.45. The number of benzene rings is 3. The van der Waals surface area contributed by atoms with Gasteiger partial charge in [-0.1, -0.05) is 55.7 Å². The minimum atomic E-state index is -0.878. The number of anilines is 1. The second-order valence-corrected chi connectivity index (χ2v) is 11.3. The van der Waals surface area contributed by atoms with Gasteiger partial charge in [0.25, 0.3) is 0 Å². The highest BCUT2D eigenvalue weighted by molar-refractivity contribution is 5.72. The van der Waals surface area contributed by atoms with Gasteiger partial charge in [-0.25, -0.2) is 0 Å². The van der Waals surface area contributed by atoms with Gasteiger partial charge in [-0.3, -0.25) is 4.79 Å². The third kappa shape index (κ3) is 6.63. The quantitative estimate of drug-likeness (QED) is 0.310. The molecule has 0 amide bonds. The van der Waals surface area contributed by atoms with Crippen LogP contribution in [0.25, 0.3) is 11.1 Å². The molecular formula is C33H40N2O4. The number of nitrogens with zero attached hydrogens (tertiary/aromatic N) is 1. The molecular weight excluding hydrogens is 488 g/mol. The lowest BCUT2D eigenvalue weighted by Gasteiger charge is -2.45. The Kier molecular flexibility index (Phi) is 8.53. The average molecular weight is 529 g/mol. The van der Waals surface area contributed by atoms with Crippen molar-refractivity contribution >= 4 is 11.7 Å². The number of aliphatic carboxylic acids is 1. The SMILES string of the molecule is NC(CO)c1cccc(-c2cc(COc3ccccc3CC(=O)O)cc(N3CCC4(CCCCC4)CC3)c2)c1. The minimum absolute atomic E-state index is 0.0745. The standard InChI is InChI=1S/C33H40N2O4/c34-30(22-36)26-9-6-8-25(19-26)28-17-24(23-39-31-10-3-2-7-27(31)21-32(37)38)18-29(20-28)35-15-13-33(14-16-35)11-4-1-5-12-33/h2-3,6-10,17-20,30,36H,1,4-5,11-16,21-23,34H2,(H,37,38). The zero-order valence-corrected chi connectivity index (χ0v) is 22.6. The molecule has 0 bridgehead atoms. The molecule has 3 aromatic carbocycles. The zero-order valence-electron chi connectivity index (χ0n) is 22.6. The van der Waals surface area contributed by atoms with E-state index in [9.17, 15) is 15.0 Å². The topological polar surface area (TPSA) is 96.0 Å². The summed E-state index contributed by atoms with van der Waals surface area (Å²) in [5.41, 5.74) is 12.6. The van der Waals surface area contributed by atoms with E-state index in [4.69, 9.17) is 10.5 Å². The first-order chi connectivity index (χ1) is 18.9. The van der Waals surface area contributed by atoms with Crippen LogP contribution in [0, 0.1) is 5.41 Å². The lowest BCUT2D eigenvalue weighted by Crippen LogP contribution is -2.41. The number of rotatable bonds is 9. The maximum Gasteiger partial charge on any atom is 0.307 e. The third-order valence-electron chi connectivity index (χ3n) is 8.63. The second-order valence-electron chi connectivity index (χ2n) is 11.3. The lowest BCUT2D eigenvalue weighted by molar-refractivity contribution is -0.136. The van der Waals surface area contributed by atoms with Crippen molar-refractivity contribution < 1.29 is 19.7 Å². The van der Waals surface area contributed by atoms with Gasteiger partial charge in [0.15, 0.2) is 0 Å². The number of ether oxygens (including phenoxy) is 1. The summed E-state index contributed by atoms with van der Waals surface area (Å²) in [5, 5.41) is 18.9. The van der Waals surface area contributed by atoms with Gasteiger partial charge < -0.3 is 25.6 Å². The minimum Gasteiger partial charge on any atom is -0.489 e. The number of carboxylic acids is 1. The number of aliphatic hydroxyl groups is 1. The van der Waals surface area contributed by atoms with Gasteiger partial charge in [0.1, 0.15) is 12.4 Å². The Morgan fingerprint density at radius 2 is 1.69 bits per heavy atom. The lowest BCUT2D eigenvalue weighted by atomic mass is 9.68. The number of piperidine rings is 1. The maximum atomic E-state index is 11.3. The van der Waals surface area contributed by atoms with Crippen molar-refractivity contribution in [1.29, 1.82) is 0 Å². The summed E-state index contributed by atoms with van der Waals surface area (Å²) in [7, 11) is 0. The van der Waals surface area contributed by atoms with Crippen molar-refractivity contribution in [1.82, 2.24) is 0 Å². The maximum absolute atomic E-state index is 11.3. The van der Waals surface area contributed by atoms with Crippen molar-refractivity contribution in [3.8, 4) is 16.9 Å². The van der Waals surface area contributed by atoms with E-state index < -0.39 is 12.0 Å². The molecule has 1 unspecified atom stereocenters. The molecule has 2 fully saturated rings. The summed E-state index contributed by atoms with van der Waals surface area (Å²) in [6, 6.07) is 21.6. The van der Waals surface area contributed by atoms with Crippen LogP contribution in [0.1, 0.15) is 67.7 Å². The first kappa shape index (κ1) is 27.2. The molecule has 1 aliphatic carbocycles.